The van der Waals surface area contributed by atoms with Gasteiger partial charge in [-0.15, -0.1) is 0 Å². The highest BCUT2D eigenvalue weighted by molar-refractivity contribution is 5.98. The third kappa shape index (κ3) is 5.81. The van der Waals surface area contributed by atoms with Crippen LogP contribution < -0.4 is 15.5 Å². The van der Waals surface area contributed by atoms with Crippen LogP contribution in [0.2, 0.25) is 0 Å². The molecule has 7 heteroatoms. The molecule has 1 aliphatic heterocycles. The van der Waals surface area contributed by atoms with Gasteiger partial charge in [0.25, 0.3) is 0 Å². The normalized spacial score (nSPS) is 13.0. The number of alkyl carbamates (subject to hydrolysis) is 1. The lowest BCUT2D eigenvalue weighted by molar-refractivity contribution is -0.118. The zero-order valence-corrected chi connectivity index (χ0v) is 19.0. The molecule has 0 aliphatic carbocycles. The Hall–Kier alpha value is -4.13. The smallest absolute Gasteiger partial charge is 0.408 e. The maximum atomic E-state index is 13.2. The van der Waals surface area contributed by atoms with Crippen LogP contribution in [0.3, 0.4) is 0 Å². The van der Waals surface area contributed by atoms with Gasteiger partial charge in [-0.2, -0.15) is 0 Å². The van der Waals surface area contributed by atoms with Gasteiger partial charge in [-0.05, 0) is 41.3 Å². The molecule has 34 heavy (non-hydrogen) atoms. The van der Waals surface area contributed by atoms with E-state index in [0.29, 0.717) is 18.7 Å². The Morgan fingerprint density at radius 3 is 2.29 bits per heavy atom. The number of rotatable bonds is 7. The fraction of sp³-hybridized carbons (Fsp3) is 0.222. The molecule has 3 amide bonds. The van der Waals surface area contributed by atoms with Crippen molar-refractivity contribution in [1.29, 1.82) is 0 Å². The fourth-order valence-corrected chi connectivity index (χ4v) is 4.00. The van der Waals surface area contributed by atoms with Crippen molar-refractivity contribution in [2.45, 2.75) is 32.4 Å². The van der Waals surface area contributed by atoms with Crippen LogP contribution >= 0.6 is 0 Å². The molecule has 2 N–H and O–H groups in total. The Morgan fingerprint density at radius 1 is 0.941 bits per heavy atom. The zero-order valence-electron chi connectivity index (χ0n) is 19.0. The molecule has 0 fully saturated rings. The molecule has 7 nitrogen and oxygen atoms in total. The molecular weight excluding hydrogens is 430 g/mol. The molecule has 4 rings (SSSR count). The second kappa shape index (κ2) is 10.7. The molecular formula is C27H27N3O4. The van der Waals surface area contributed by atoms with E-state index in [2.05, 4.69) is 10.6 Å². The molecule has 0 spiro atoms. The Morgan fingerprint density at radius 2 is 1.62 bits per heavy atom. The Bertz CT molecular complexity index is 1170. The minimum atomic E-state index is -0.826. The molecule has 0 saturated heterocycles. The molecule has 174 valence electrons. The van der Waals surface area contributed by atoms with Gasteiger partial charge in [0.05, 0.1) is 0 Å². The Balaban J connectivity index is 1.44. The van der Waals surface area contributed by atoms with E-state index >= 15 is 0 Å². The molecule has 0 unspecified atom stereocenters. The summed E-state index contributed by atoms with van der Waals surface area (Å²) >= 11 is 0. The topological polar surface area (TPSA) is 87.7 Å². The van der Waals surface area contributed by atoms with E-state index in [9.17, 15) is 14.4 Å². The van der Waals surface area contributed by atoms with Gasteiger partial charge in [0, 0.05) is 31.3 Å². The van der Waals surface area contributed by atoms with Gasteiger partial charge >= 0.3 is 6.09 Å². The van der Waals surface area contributed by atoms with E-state index in [0.717, 1.165) is 28.8 Å². The van der Waals surface area contributed by atoms with Crippen molar-refractivity contribution < 1.29 is 19.1 Å². The fourth-order valence-electron chi connectivity index (χ4n) is 4.00. The second-order valence-electron chi connectivity index (χ2n) is 8.20. The van der Waals surface area contributed by atoms with Crippen LogP contribution in [-0.2, 0) is 33.8 Å². The van der Waals surface area contributed by atoms with Gasteiger partial charge in [-0.1, -0.05) is 60.7 Å². The standard InChI is InChI=1S/C27H27N3O4/c1-19(31)30-15-14-22-17-23(12-13-25(22)30)28-26(32)24(16-20-8-4-2-5-9-20)29-27(33)34-18-21-10-6-3-7-11-21/h2-13,17,24H,14-16,18H2,1H3,(H,28,32)(H,29,33)/t24-/m0/s1. The van der Waals surface area contributed by atoms with Crippen LogP contribution in [0, 0.1) is 0 Å². The summed E-state index contributed by atoms with van der Waals surface area (Å²) in [6.07, 6.45) is 0.387. The summed E-state index contributed by atoms with van der Waals surface area (Å²) < 4.78 is 5.32. The molecule has 1 aliphatic rings. The summed E-state index contributed by atoms with van der Waals surface area (Å²) in [5, 5.41) is 5.61. The van der Waals surface area contributed by atoms with Gasteiger partial charge in [0.15, 0.2) is 0 Å². The summed E-state index contributed by atoms with van der Waals surface area (Å²) in [5.74, 6) is -0.349. The van der Waals surface area contributed by atoms with E-state index < -0.39 is 12.1 Å². The van der Waals surface area contributed by atoms with E-state index in [1.54, 1.807) is 17.9 Å². The molecule has 0 saturated carbocycles. The molecule has 1 heterocycles. The van der Waals surface area contributed by atoms with Crippen molar-refractivity contribution in [2.24, 2.45) is 0 Å². The summed E-state index contributed by atoms with van der Waals surface area (Å²) in [5.41, 5.74) is 4.26. The van der Waals surface area contributed by atoms with Gasteiger partial charge < -0.3 is 20.3 Å². The van der Waals surface area contributed by atoms with Crippen LogP contribution in [-0.4, -0.2) is 30.5 Å². The number of nitrogens with zero attached hydrogens (tertiary/aromatic N) is 1. The Kier molecular flexibility index (Phi) is 7.22. The van der Waals surface area contributed by atoms with Crippen molar-refractivity contribution in [1.82, 2.24) is 5.32 Å². The number of carbonyl (C=O) groups excluding carboxylic acids is 3. The highest BCUT2D eigenvalue weighted by Crippen LogP contribution is 2.30. The van der Waals surface area contributed by atoms with E-state index in [1.807, 2.05) is 72.8 Å². The molecule has 0 radical (unpaired) electrons. The van der Waals surface area contributed by atoms with Crippen LogP contribution in [0.25, 0.3) is 0 Å². The number of hydrogen-bond acceptors (Lipinski definition) is 4. The van der Waals surface area contributed by atoms with Gasteiger partial charge in [-0.25, -0.2) is 4.79 Å². The second-order valence-corrected chi connectivity index (χ2v) is 8.20. The minimum absolute atomic E-state index is 0.00308. The molecule has 3 aromatic rings. The van der Waals surface area contributed by atoms with E-state index in [1.165, 1.54) is 0 Å². The third-order valence-corrected chi connectivity index (χ3v) is 5.73. The van der Waals surface area contributed by atoms with Gasteiger partial charge in [0.1, 0.15) is 12.6 Å². The number of ether oxygens (including phenoxy) is 1. The number of hydrogen-bond donors (Lipinski definition) is 2. The van der Waals surface area contributed by atoms with Gasteiger partial charge in [0.2, 0.25) is 11.8 Å². The van der Waals surface area contributed by atoms with Crippen LogP contribution in [0.4, 0.5) is 16.2 Å². The zero-order chi connectivity index (χ0) is 23.9. The highest BCUT2D eigenvalue weighted by Gasteiger charge is 2.25. The summed E-state index contributed by atoms with van der Waals surface area (Å²) in [6.45, 7) is 2.29. The maximum Gasteiger partial charge on any atom is 0.408 e. The number of nitrogens with one attached hydrogen (secondary N) is 2. The first-order valence-corrected chi connectivity index (χ1v) is 11.2. The van der Waals surface area contributed by atoms with Crippen molar-refractivity contribution in [3.63, 3.8) is 0 Å². The lowest BCUT2D eigenvalue weighted by Gasteiger charge is -2.19. The first kappa shape index (κ1) is 23.0. The van der Waals surface area contributed by atoms with Gasteiger partial charge in [-0.3, -0.25) is 9.59 Å². The van der Waals surface area contributed by atoms with Crippen molar-refractivity contribution in [3.8, 4) is 0 Å². The van der Waals surface area contributed by atoms with Crippen molar-refractivity contribution >= 4 is 29.3 Å². The first-order chi connectivity index (χ1) is 16.5. The minimum Gasteiger partial charge on any atom is -0.445 e. The molecule has 0 aromatic heterocycles. The average Bonchev–Trinajstić information content (AvgIpc) is 3.27. The number of fused-ring (bicyclic) bond motifs is 1. The monoisotopic (exact) mass is 457 g/mol. The maximum absolute atomic E-state index is 13.2. The summed E-state index contributed by atoms with van der Waals surface area (Å²) in [6, 6.07) is 23.5. The van der Waals surface area contributed by atoms with Crippen LogP contribution in [0.5, 0.6) is 0 Å². The molecule has 1 atom stereocenters. The quantitative estimate of drug-likeness (QED) is 0.560. The third-order valence-electron chi connectivity index (χ3n) is 5.73. The lowest BCUT2D eigenvalue weighted by atomic mass is 10.0. The Labute approximate surface area is 198 Å². The number of anilines is 2. The van der Waals surface area contributed by atoms with Crippen molar-refractivity contribution in [3.05, 3.63) is 95.6 Å². The number of benzene rings is 3. The molecule has 0 bridgehead atoms. The molecule has 3 aromatic carbocycles. The summed E-state index contributed by atoms with van der Waals surface area (Å²) in [4.78, 5) is 39.1. The summed E-state index contributed by atoms with van der Waals surface area (Å²) in [7, 11) is 0. The van der Waals surface area contributed by atoms with Crippen LogP contribution in [0.1, 0.15) is 23.6 Å². The SMILES string of the molecule is CC(=O)N1CCc2cc(NC(=O)[C@H](Cc3ccccc3)NC(=O)OCc3ccccc3)ccc21. The number of amides is 3. The average molecular weight is 458 g/mol. The van der Waals surface area contributed by atoms with E-state index in [4.69, 9.17) is 4.74 Å². The van der Waals surface area contributed by atoms with Crippen molar-refractivity contribution in [2.75, 3.05) is 16.8 Å². The lowest BCUT2D eigenvalue weighted by Crippen LogP contribution is -2.45. The first-order valence-electron chi connectivity index (χ1n) is 11.2. The largest absolute Gasteiger partial charge is 0.445 e. The van der Waals surface area contributed by atoms with E-state index in [-0.39, 0.29) is 18.4 Å². The van der Waals surface area contributed by atoms with Crippen LogP contribution in [0.15, 0.2) is 78.9 Å². The number of carbonyl (C=O) groups is 3. The highest BCUT2D eigenvalue weighted by atomic mass is 16.5. The predicted molar refractivity (Wildman–Crippen MR) is 130 cm³/mol. The predicted octanol–water partition coefficient (Wildman–Crippen LogP) is 4.07.